The normalized spacial score (nSPS) is 12.4. The number of ether oxygens (including phenoxy) is 3. The molecule has 0 spiro atoms. The lowest BCUT2D eigenvalue weighted by atomic mass is 10.2. The molecule has 192 valence electrons. The van der Waals surface area contributed by atoms with Crippen molar-refractivity contribution in [2.24, 2.45) is 5.10 Å². The van der Waals surface area contributed by atoms with Gasteiger partial charge >= 0.3 is 5.97 Å². The van der Waals surface area contributed by atoms with Crippen molar-refractivity contribution < 1.29 is 19.0 Å². The Kier molecular flexibility index (Phi) is 9.54. The van der Waals surface area contributed by atoms with Crippen LogP contribution in [0.5, 0.6) is 11.5 Å². The summed E-state index contributed by atoms with van der Waals surface area (Å²) in [5.41, 5.74) is 0.839. The molecule has 0 saturated heterocycles. The topological polar surface area (TPSA) is 92.0 Å². The van der Waals surface area contributed by atoms with Crippen molar-refractivity contribution in [1.82, 2.24) is 9.66 Å². The van der Waals surface area contributed by atoms with Crippen LogP contribution in [0.2, 0.25) is 5.02 Å². The SMILES string of the molecule is CCOC(=O)[C@@H](C)Oc1c(OCC)cc(C=Nn2c(C(C)C)nc3ccc(Br)cc3c2=O)c(Br)c1Cl. The van der Waals surface area contributed by atoms with Crippen LogP contribution in [0.1, 0.15) is 51.9 Å². The van der Waals surface area contributed by atoms with E-state index in [4.69, 9.17) is 25.8 Å². The van der Waals surface area contributed by atoms with E-state index < -0.39 is 12.1 Å². The number of benzene rings is 2. The third-order valence-corrected chi connectivity index (χ3v) is 6.97. The maximum atomic E-state index is 13.3. The van der Waals surface area contributed by atoms with E-state index in [0.29, 0.717) is 39.1 Å². The molecule has 1 aromatic heterocycles. The standard InChI is InChI=1S/C25H26Br2ClN3O5/c1-6-34-19-10-15(20(27)21(28)22(19)36-14(5)25(33)35-7-2)12-29-31-23(13(3)4)30-18-9-8-16(26)11-17(18)24(31)32/h8-14H,6-7H2,1-5H3/t14-/m1/s1. The molecular weight excluding hydrogens is 618 g/mol. The minimum atomic E-state index is -0.900. The maximum Gasteiger partial charge on any atom is 0.347 e. The van der Waals surface area contributed by atoms with Crippen LogP contribution in [0.25, 0.3) is 10.9 Å². The van der Waals surface area contributed by atoms with Crippen LogP contribution in [0, 0.1) is 0 Å². The molecule has 0 saturated carbocycles. The summed E-state index contributed by atoms with van der Waals surface area (Å²) in [7, 11) is 0. The summed E-state index contributed by atoms with van der Waals surface area (Å²) in [4.78, 5) is 30.0. The van der Waals surface area contributed by atoms with Crippen molar-refractivity contribution in [3.63, 3.8) is 0 Å². The molecule has 1 heterocycles. The summed E-state index contributed by atoms with van der Waals surface area (Å²) in [5, 5.41) is 5.10. The Morgan fingerprint density at radius 1 is 1.19 bits per heavy atom. The average molecular weight is 644 g/mol. The van der Waals surface area contributed by atoms with Gasteiger partial charge in [0.1, 0.15) is 10.8 Å². The first kappa shape index (κ1) is 28.1. The molecule has 3 rings (SSSR count). The first-order valence-corrected chi connectivity index (χ1v) is 13.3. The van der Waals surface area contributed by atoms with Crippen molar-refractivity contribution in [3.8, 4) is 11.5 Å². The number of carbonyl (C=O) groups excluding carboxylic acids is 1. The number of nitrogens with zero attached hydrogens (tertiary/aromatic N) is 3. The van der Waals surface area contributed by atoms with Crippen LogP contribution < -0.4 is 15.0 Å². The van der Waals surface area contributed by atoms with E-state index in [-0.39, 0.29) is 28.9 Å². The van der Waals surface area contributed by atoms with Crippen molar-refractivity contribution in [2.75, 3.05) is 13.2 Å². The summed E-state index contributed by atoms with van der Waals surface area (Å²) >= 11 is 13.5. The fraction of sp³-hybridized carbons (Fsp3) is 0.360. The zero-order valence-corrected chi connectivity index (χ0v) is 24.4. The minimum Gasteiger partial charge on any atom is -0.490 e. The summed E-state index contributed by atoms with van der Waals surface area (Å²) in [6.45, 7) is 9.54. The van der Waals surface area contributed by atoms with Gasteiger partial charge in [0.25, 0.3) is 5.56 Å². The summed E-state index contributed by atoms with van der Waals surface area (Å²) in [6, 6.07) is 7.02. The van der Waals surface area contributed by atoms with Gasteiger partial charge in [-0.15, -0.1) is 0 Å². The average Bonchev–Trinajstić information content (AvgIpc) is 2.83. The number of fused-ring (bicyclic) bond motifs is 1. The van der Waals surface area contributed by atoms with Gasteiger partial charge in [-0.3, -0.25) is 4.79 Å². The Balaban J connectivity index is 2.10. The molecule has 0 aliphatic carbocycles. The highest BCUT2D eigenvalue weighted by atomic mass is 79.9. The second kappa shape index (κ2) is 12.2. The van der Waals surface area contributed by atoms with Gasteiger partial charge in [-0.25, -0.2) is 9.78 Å². The number of carbonyl (C=O) groups is 1. The predicted octanol–water partition coefficient (Wildman–Crippen LogP) is 6.31. The van der Waals surface area contributed by atoms with Crippen LogP contribution in [0.4, 0.5) is 0 Å². The van der Waals surface area contributed by atoms with Gasteiger partial charge in [-0.2, -0.15) is 9.78 Å². The third kappa shape index (κ3) is 6.10. The first-order chi connectivity index (χ1) is 17.1. The molecule has 36 heavy (non-hydrogen) atoms. The maximum absolute atomic E-state index is 13.3. The van der Waals surface area contributed by atoms with Crippen LogP contribution in [0.3, 0.4) is 0 Å². The van der Waals surface area contributed by atoms with Crippen molar-refractivity contribution in [3.05, 3.63) is 60.0 Å². The summed E-state index contributed by atoms with van der Waals surface area (Å²) in [5.74, 6) is 0.449. The monoisotopic (exact) mass is 641 g/mol. The van der Waals surface area contributed by atoms with Gasteiger partial charge in [0.2, 0.25) is 0 Å². The van der Waals surface area contributed by atoms with E-state index in [0.717, 1.165) is 4.47 Å². The fourth-order valence-electron chi connectivity index (χ4n) is 3.33. The highest BCUT2D eigenvalue weighted by Crippen LogP contribution is 2.43. The smallest absolute Gasteiger partial charge is 0.347 e. The molecule has 0 aliphatic heterocycles. The minimum absolute atomic E-state index is 0.0611. The second-order valence-corrected chi connectivity index (χ2v) is 10.1. The number of esters is 1. The van der Waals surface area contributed by atoms with E-state index in [2.05, 4.69) is 41.9 Å². The fourth-order valence-corrected chi connectivity index (χ4v) is 4.33. The molecule has 0 unspecified atom stereocenters. The number of halogens is 3. The van der Waals surface area contributed by atoms with Crippen molar-refractivity contribution in [2.45, 2.75) is 46.6 Å². The molecule has 0 N–H and O–H groups in total. The van der Waals surface area contributed by atoms with Crippen LogP contribution in [0.15, 0.2) is 43.1 Å². The zero-order chi connectivity index (χ0) is 26.6. The molecule has 2 aromatic carbocycles. The second-order valence-electron chi connectivity index (χ2n) is 8.01. The van der Waals surface area contributed by atoms with Crippen molar-refractivity contribution >= 4 is 66.5 Å². The first-order valence-electron chi connectivity index (χ1n) is 11.3. The van der Waals surface area contributed by atoms with E-state index in [1.165, 1.54) is 10.9 Å². The lowest BCUT2D eigenvalue weighted by Gasteiger charge is -2.19. The molecule has 0 fully saturated rings. The van der Waals surface area contributed by atoms with Crippen LogP contribution in [-0.4, -0.2) is 41.2 Å². The quantitative estimate of drug-likeness (QED) is 0.201. The number of hydrogen-bond acceptors (Lipinski definition) is 7. The molecular formula is C25H26Br2ClN3O5. The Bertz CT molecular complexity index is 1370. The van der Waals surface area contributed by atoms with Gasteiger partial charge in [0.15, 0.2) is 17.6 Å². The third-order valence-electron chi connectivity index (χ3n) is 5.03. The van der Waals surface area contributed by atoms with Crippen LogP contribution in [-0.2, 0) is 9.53 Å². The zero-order valence-electron chi connectivity index (χ0n) is 20.5. The number of aromatic nitrogens is 2. The Morgan fingerprint density at radius 3 is 2.56 bits per heavy atom. The molecule has 0 radical (unpaired) electrons. The van der Waals surface area contributed by atoms with E-state index in [1.54, 1.807) is 32.0 Å². The highest BCUT2D eigenvalue weighted by molar-refractivity contribution is 9.10. The van der Waals surface area contributed by atoms with Gasteiger partial charge in [-0.1, -0.05) is 41.4 Å². The molecule has 8 nitrogen and oxygen atoms in total. The largest absolute Gasteiger partial charge is 0.490 e. The summed E-state index contributed by atoms with van der Waals surface area (Å²) in [6.07, 6.45) is 0.596. The Hall–Kier alpha value is -2.43. The highest BCUT2D eigenvalue weighted by Gasteiger charge is 2.23. The molecule has 3 aromatic rings. The number of rotatable bonds is 9. The molecule has 0 amide bonds. The molecule has 0 bridgehead atoms. The van der Waals surface area contributed by atoms with Gasteiger partial charge in [-0.05, 0) is 61.0 Å². The van der Waals surface area contributed by atoms with E-state index in [1.807, 2.05) is 26.8 Å². The van der Waals surface area contributed by atoms with Gasteiger partial charge in [0, 0.05) is 20.4 Å². The predicted molar refractivity (Wildman–Crippen MR) is 148 cm³/mol. The lowest BCUT2D eigenvalue weighted by molar-refractivity contribution is -0.150. The Morgan fingerprint density at radius 2 is 1.92 bits per heavy atom. The molecule has 11 heteroatoms. The van der Waals surface area contributed by atoms with E-state index >= 15 is 0 Å². The lowest BCUT2D eigenvalue weighted by Crippen LogP contribution is -2.26. The molecule has 1 atom stereocenters. The van der Waals surface area contributed by atoms with Gasteiger partial charge < -0.3 is 14.2 Å². The molecule has 0 aliphatic rings. The summed E-state index contributed by atoms with van der Waals surface area (Å²) < 4.78 is 19.1. The van der Waals surface area contributed by atoms with Crippen molar-refractivity contribution in [1.29, 1.82) is 0 Å². The van der Waals surface area contributed by atoms with Gasteiger partial charge in [0.05, 0.1) is 30.3 Å². The van der Waals surface area contributed by atoms with Crippen LogP contribution >= 0.6 is 43.5 Å². The van der Waals surface area contributed by atoms with E-state index in [9.17, 15) is 9.59 Å². The Labute approximate surface area is 230 Å². The number of hydrogen-bond donors (Lipinski definition) is 0.